The summed E-state index contributed by atoms with van der Waals surface area (Å²) in [5.41, 5.74) is 2.76. The van der Waals surface area contributed by atoms with E-state index in [0.717, 1.165) is 16.1 Å². The Morgan fingerprint density at radius 1 is 0.871 bits per heavy atom. The highest BCUT2D eigenvalue weighted by atomic mass is 79.9. The first-order valence-electron chi connectivity index (χ1n) is 10.2. The number of sulfonamides is 1. The maximum absolute atomic E-state index is 14.0. The van der Waals surface area contributed by atoms with Crippen molar-refractivity contribution in [1.29, 1.82) is 0 Å². The average molecular weight is 503 g/mol. The molecule has 1 heterocycles. The molecule has 1 saturated heterocycles. The smallest absolute Gasteiger partial charge is 0.243 e. The fourth-order valence-corrected chi connectivity index (χ4v) is 5.68. The minimum Gasteiger partial charge on any atom is -0.290 e. The lowest BCUT2D eigenvalue weighted by molar-refractivity contribution is 0.156. The highest BCUT2D eigenvalue weighted by Crippen LogP contribution is 2.31. The molecule has 0 spiro atoms. The standard InChI is InChI=1S/C24H24BrFN2O2S/c1-18-7-12-22(17-23(18)26)31(29,30)28-15-13-27(14-16-28)24(19-5-3-2-4-6-19)20-8-10-21(25)11-9-20/h2-12,17,24H,13-16H2,1H3. The first-order valence-corrected chi connectivity index (χ1v) is 12.4. The van der Waals surface area contributed by atoms with Crippen molar-refractivity contribution in [2.75, 3.05) is 26.2 Å². The third-order valence-electron chi connectivity index (χ3n) is 5.72. The fourth-order valence-electron chi connectivity index (χ4n) is 3.98. The molecule has 3 aromatic rings. The second kappa shape index (κ2) is 9.20. The third-order valence-corrected chi connectivity index (χ3v) is 8.14. The van der Waals surface area contributed by atoms with E-state index in [-0.39, 0.29) is 10.9 Å². The van der Waals surface area contributed by atoms with Gasteiger partial charge in [0, 0.05) is 30.7 Å². The SMILES string of the molecule is Cc1ccc(S(=O)(=O)N2CCN(C(c3ccccc3)c3ccc(Br)cc3)CC2)cc1F. The summed E-state index contributed by atoms with van der Waals surface area (Å²) in [4.78, 5) is 2.32. The van der Waals surface area contributed by atoms with Gasteiger partial charge in [-0.25, -0.2) is 12.8 Å². The minimum absolute atomic E-state index is 0.0107. The number of nitrogens with zero attached hydrogens (tertiary/aromatic N) is 2. The van der Waals surface area contributed by atoms with E-state index in [9.17, 15) is 12.8 Å². The van der Waals surface area contributed by atoms with Crippen LogP contribution in [0.15, 0.2) is 82.2 Å². The van der Waals surface area contributed by atoms with E-state index >= 15 is 0 Å². The van der Waals surface area contributed by atoms with Gasteiger partial charge in [0.05, 0.1) is 10.9 Å². The number of halogens is 2. The Morgan fingerprint density at radius 2 is 1.48 bits per heavy atom. The molecule has 0 amide bonds. The Bertz CT molecular complexity index is 1150. The normalized spacial score (nSPS) is 16.9. The van der Waals surface area contributed by atoms with Gasteiger partial charge in [0.25, 0.3) is 0 Å². The number of hydrogen-bond acceptors (Lipinski definition) is 3. The zero-order valence-corrected chi connectivity index (χ0v) is 19.6. The first-order chi connectivity index (χ1) is 14.9. The van der Waals surface area contributed by atoms with Gasteiger partial charge < -0.3 is 0 Å². The zero-order chi connectivity index (χ0) is 22.0. The third kappa shape index (κ3) is 4.75. The Balaban J connectivity index is 1.56. The van der Waals surface area contributed by atoms with E-state index in [0.29, 0.717) is 31.7 Å². The molecule has 1 unspecified atom stereocenters. The van der Waals surface area contributed by atoms with Crippen LogP contribution in [0.1, 0.15) is 22.7 Å². The highest BCUT2D eigenvalue weighted by molar-refractivity contribution is 9.10. The van der Waals surface area contributed by atoms with Gasteiger partial charge in [-0.05, 0) is 47.9 Å². The second-order valence-corrected chi connectivity index (χ2v) is 10.6. The summed E-state index contributed by atoms with van der Waals surface area (Å²) in [5, 5.41) is 0. The van der Waals surface area contributed by atoms with E-state index in [2.05, 4.69) is 45.1 Å². The van der Waals surface area contributed by atoms with Crippen LogP contribution in [0.5, 0.6) is 0 Å². The molecule has 1 atom stereocenters. The molecule has 0 aliphatic carbocycles. The molecule has 0 N–H and O–H groups in total. The summed E-state index contributed by atoms with van der Waals surface area (Å²) in [7, 11) is -3.72. The van der Waals surface area contributed by atoms with Crippen LogP contribution in [0.4, 0.5) is 4.39 Å². The molecule has 1 aliphatic heterocycles. The monoisotopic (exact) mass is 502 g/mol. The summed E-state index contributed by atoms with van der Waals surface area (Å²) >= 11 is 3.49. The lowest BCUT2D eigenvalue weighted by atomic mass is 9.96. The van der Waals surface area contributed by atoms with Crippen molar-refractivity contribution in [2.24, 2.45) is 0 Å². The van der Waals surface area contributed by atoms with Crippen molar-refractivity contribution >= 4 is 26.0 Å². The van der Waals surface area contributed by atoms with Crippen LogP contribution in [0.2, 0.25) is 0 Å². The van der Waals surface area contributed by atoms with Crippen molar-refractivity contribution in [1.82, 2.24) is 9.21 Å². The number of aryl methyl sites for hydroxylation is 1. The van der Waals surface area contributed by atoms with E-state index in [1.54, 1.807) is 6.92 Å². The van der Waals surface area contributed by atoms with Crippen molar-refractivity contribution in [3.05, 3.63) is 99.8 Å². The maximum Gasteiger partial charge on any atom is 0.243 e. The molecular weight excluding hydrogens is 479 g/mol. The summed E-state index contributed by atoms with van der Waals surface area (Å²) < 4.78 is 42.5. The quantitative estimate of drug-likeness (QED) is 0.493. The topological polar surface area (TPSA) is 40.6 Å². The Hall–Kier alpha value is -2.06. The van der Waals surface area contributed by atoms with Crippen LogP contribution >= 0.6 is 15.9 Å². The molecule has 3 aromatic carbocycles. The molecule has 7 heteroatoms. The molecule has 1 aliphatic rings. The summed E-state index contributed by atoms with van der Waals surface area (Å²) in [6.07, 6.45) is 0. The Morgan fingerprint density at radius 3 is 2.10 bits per heavy atom. The minimum atomic E-state index is -3.72. The van der Waals surface area contributed by atoms with Crippen LogP contribution in [0.25, 0.3) is 0 Å². The van der Waals surface area contributed by atoms with Crippen LogP contribution in [-0.2, 0) is 10.0 Å². The van der Waals surface area contributed by atoms with Crippen molar-refractivity contribution in [3.8, 4) is 0 Å². The van der Waals surface area contributed by atoms with Gasteiger partial charge in [-0.2, -0.15) is 4.31 Å². The molecule has 4 rings (SSSR count). The predicted molar refractivity (Wildman–Crippen MR) is 124 cm³/mol. The lowest BCUT2D eigenvalue weighted by Crippen LogP contribution is -2.49. The molecule has 0 aromatic heterocycles. The van der Waals surface area contributed by atoms with Crippen molar-refractivity contribution in [2.45, 2.75) is 17.9 Å². The van der Waals surface area contributed by atoms with Crippen LogP contribution in [0, 0.1) is 12.7 Å². The van der Waals surface area contributed by atoms with Crippen LogP contribution in [-0.4, -0.2) is 43.8 Å². The van der Waals surface area contributed by atoms with Crippen LogP contribution < -0.4 is 0 Å². The number of hydrogen-bond donors (Lipinski definition) is 0. The highest BCUT2D eigenvalue weighted by Gasteiger charge is 2.32. The van der Waals surface area contributed by atoms with Crippen LogP contribution in [0.3, 0.4) is 0 Å². The molecular formula is C24H24BrFN2O2S. The van der Waals surface area contributed by atoms with Crippen molar-refractivity contribution < 1.29 is 12.8 Å². The van der Waals surface area contributed by atoms with E-state index in [1.165, 1.54) is 22.0 Å². The van der Waals surface area contributed by atoms with E-state index in [1.807, 2.05) is 30.3 Å². The molecule has 4 nitrogen and oxygen atoms in total. The van der Waals surface area contributed by atoms with Gasteiger partial charge in [-0.3, -0.25) is 4.90 Å². The molecule has 0 bridgehead atoms. The molecule has 162 valence electrons. The number of benzene rings is 3. The zero-order valence-electron chi connectivity index (χ0n) is 17.2. The Labute approximate surface area is 191 Å². The second-order valence-electron chi connectivity index (χ2n) is 7.72. The maximum atomic E-state index is 14.0. The summed E-state index contributed by atoms with van der Waals surface area (Å²) in [6.45, 7) is 3.51. The predicted octanol–water partition coefficient (Wildman–Crippen LogP) is 4.99. The van der Waals surface area contributed by atoms with Gasteiger partial charge in [0.2, 0.25) is 10.0 Å². The summed E-state index contributed by atoms with van der Waals surface area (Å²) in [6, 6.07) is 22.6. The molecule has 0 saturated carbocycles. The fraction of sp³-hybridized carbons (Fsp3) is 0.250. The number of piperazine rings is 1. The average Bonchev–Trinajstić information content (AvgIpc) is 2.78. The van der Waals surface area contributed by atoms with E-state index < -0.39 is 15.8 Å². The van der Waals surface area contributed by atoms with Gasteiger partial charge in [-0.1, -0.05) is 64.5 Å². The lowest BCUT2D eigenvalue weighted by Gasteiger charge is -2.39. The largest absolute Gasteiger partial charge is 0.290 e. The van der Waals surface area contributed by atoms with Gasteiger partial charge in [-0.15, -0.1) is 0 Å². The first kappa shape index (κ1) is 22.1. The van der Waals surface area contributed by atoms with Gasteiger partial charge in [0.1, 0.15) is 5.82 Å². The van der Waals surface area contributed by atoms with Gasteiger partial charge >= 0.3 is 0 Å². The van der Waals surface area contributed by atoms with Gasteiger partial charge in [0.15, 0.2) is 0 Å². The number of rotatable bonds is 5. The molecule has 1 fully saturated rings. The Kier molecular flexibility index (Phi) is 6.57. The molecule has 0 radical (unpaired) electrons. The summed E-state index contributed by atoms with van der Waals surface area (Å²) in [5.74, 6) is -0.501. The van der Waals surface area contributed by atoms with Crippen molar-refractivity contribution in [3.63, 3.8) is 0 Å². The molecule has 31 heavy (non-hydrogen) atoms. The van der Waals surface area contributed by atoms with E-state index in [4.69, 9.17) is 0 Å².